The number of nitrogens with zero attached hydrogens (tertiary/aromatic N) is 3. The second-order valence-corrected chi connectivity index (χ2v) is 7.12. The van der Waals surface area contributed by atoms with Gasteiger partial charge in [-0.15, -0.1) is 0 Å². The molecule has 20 heavy (non-hydrogen) atoms. The van der Waals surface area contributed by atoms with Crippen LogP contribution in [0.5, 0.6) is 0 Å². The highest BCUT2D eigenvalue weighted by molar-refractivity contribution is 7.99. The van der Waals surface area contributed by atoms with E-state index in [1.54, 1.807) is 0 Å². The van der Waals surface area contributed by atoms with E-state index in [2.05, 4.69) is 14.8 Å². The fourth-order valence-corrected chi connectivity index (χ4v) is 4.15. The second-order valence-electron chi connectivity index (χ2n) is 5.90. The van der Waals surface area contributed by atoms with Crippen molar-refractivity contribution in [3.05, 3.63) is 0 Å². The van der Waals surface area contributed by atoms with Gasteiger partial charge in [0.2, 0.25) is 0 Å². The van der Waals surface area contributed by atoms with Crippen molar-refractivity contribution in [3.8, 4) is 0 Å². The molecule has 3 heterocycles. The molecular weight excluding hydrogens is 272 g/mol. The number of rotatable bonds is 2. The van der Waals surface area contributed by atoms with E-state index in [-0.39, 0.29) is 6.10 Å². The largest absolute Gasteiger partial charge is 0.373 e. The molecule has 0 spiro atoms. The number of hydrogen-bond acceptors (Lipinski definition) is 4. The maximum atomic E-state index is 6.09. The Morgan fingerprint density at radius 2 is 2.10 bits per heavy atom. The van der Waals surface area contributed by atoms with Gasteiger partial charge < -0.3 is 15.4 Å². The van der Waals surface area contributed by atoms with Gasteiger partial charge in [0.15, 0.2) is 5.96 Å². The van der Waals surface area contributed by atoms with Crippen molar-refractivity contribution in [1.82, 2.24) is 9.80 Å². The highest BCUT2D eigenvalue weighted by Gasteiger charge is 2.30. The van der Waals surface area contributed by atoms with E-state index in [4.69, 9.17) is 10.5 Å². The van der Waals surface area contributed by atoms with Gasteiger partial charge >= 0.3 is 0 Å². The molecule has 2 N–H and O–H groups in total. The molecule has 0 aromatic rings. The van der Waals surface area contributed by atoms with E-state index in [9.17, 15) is 0 Å². The Morgan fingerprint density at radius 3 is 2.95 bits per heavy atom. The third kappa shape index (κ3) is 3.59. The Kier molecular flexibility index (Phi) is 5.07. The summed E-state index contributed by atoms with van der Waals surface area (Å²) in [5, 5.41) is 0. The summed E-state index contributed by atoms with van der Waals surface area (Å²) < 4.78 is 5.96. The first-order valence-corrected chi connectivity index (χ1v) is 8.96. The molecule has 0 aromatic carbocycles. The van der Waals surface area contributed by atoms with Gasteiger partial charge in [0, 0.05) is 37.2 Å². The summed E-state index contributed by atoms with van der Waals surface area (Å²) in [5.74, 6) is 3.02. The fourth-order valence-electron chi connectivity index (χ4n) is 3.25. The topological polar surface area (TPSA) is 54.1 Å². The van der Waals surface area contributed by atoms with E-state index in [0.717, 1.165) is 37.7 Å². The Morgan fingerprint density at radius 1 is 1.25 bits per heavy atom. The van der Waals surface area contributed by atoms with Crippen molar-refractivity contribution in [2.24, 2.45) is 10.7 Å². The summed E-state index contributed by atoms with van der Waals surface area (Å²) in [6, 6.07) is 0.653. The van der Waals surface area contributed by atoms with Gasteiger partial charge in [-0.25, -0.2) is 0 Å². The highest BCUT2D eigenvalue weighted by atomic mass is 32.2. The highest BCUT2D eigenvalue weighted by Crippen LogP contribution is 2.22. The maximum absolute atomic E-state index is 6.09. The van der Waals surface area contributed by atoms with Crippen molar-refractivity contribution >= 4 is 17.7 Å². The zero-order chi connectivity index (χ0) is 13.8. The van der Waals surface area contributed by atoms with Crippen molar-refractivity contribution < 1.29 is 4.74 Å². The van der Waals surface area contributed by atoms with E-state index in [1.807, 2.05) is 11.8 Å². The number of thioether (sulfide) groups is 1. The molecule has 3 rings (SSSR count). The van der Waals surface area contributed by atoms with Crippen LogP contribution in [0.2, 0.25) is 0 Å². The van der Waals surface area contributed by atoms with Crippen LogP contribution in [0.1, 0.15) is 19.3 Å². The zero-order valence-electron chi connectivity index (χ0n) is 12.2. The third-order valence-corrected chi connectivity index (χ3v) is 5.45. The predicted molar refractivity (Wildman–Crippen MR) is 84.3 cm³/mol. The quantitative estimate of drug-likeness (QED) is 0.598. The lowest BCUT2D eigenvalue weighted by atomic mass is 10.0. The van der Waals surface area contributed by atoms with Crippen molar-refractivity contribution in [2.75, 3.05) is 50.8 Å². The molecule has 0 saturated carbocycles. The van der Waals surface area contributed by atoms with Crippen molar-refractivity contribution in [3.63, 3.8) is 0 Å². The standard InChI is InChI=1S/C14H26N4OS/c15-14(17-5-7-20-8-6-17)16-9-13-10-18-4-2-1-3-12(18)11-19-13/h12-13H,1-11H2,(H2,15,16)/t12-,13-/m1/s1. The van der Waals surface area contributed by atoms with Crippen molar-refractivity contribution in [2.45, 2.75) is 31.4 Å². The van der Waals surface area contributed by atoms with Crippen LogP contribution in [0.25, 0.3) is 0 Å². The normalized spacial score (nSPS) is 33.0. The molecule has 114 valence electrons. The van der Waals surface area contributed by atoms with Gasteiger partial charge in [-0.2, -0.15) is 11.8 Å². The molecule has 2 atom stereocenters. The Labute approximate surface area is 125 Å². The molecule has 6 heteroatoms. The summed E-state index contributed by atoms with van der Waals surface area (Å²) in [4.78, 5) is 9.35. The van der Waals surface area contributed by atoms with Gasteiger partial charge in [-0.1, -0.05) is 6.42 Å². The summed E-state index contributed by atoms with van der Waals surface area (Å²) in [5.41, 5.74) is 6.09. The minimum absolute atomic E-state index is 0.224. The van der Waals surface area contributed by atoms with Gasteiger partial charge in [0.25, 0.3) is 0 Å². The molecule has 3 aliphatic heterocycles. The van der Waals surface area contributed by atoms with Crippen LogP contribution in [0.3, 0.4) is 0 Å². The molecule has 0 aromatic heterocycles. The minimum atomic E-state index is 0.224. The summed E-state index contributed by atoms with van der Waals surface area (Å²) in [6.07, 6.45) is 4.21. The first-order chi connectivity index (χ1) is 9.83. The third-order valence-electron chi connectivity index (χ3n) is 4.50. The molecule has 3 saturated heterocycles. The van der Waals surface area contributed by atoms with Gasteiger partial charge in [-0.05, 0) is 19.4 Å². The Hall–Kier alpha value is -0.460. The number of guanidine groups is 1. The number of piperidine rings is 1. The summed E-state index contributed by atoms with van der Waals surface area (Å²) in [7, 11) is 0. The average Bonchev–Trinajstić information content (AvgIpc) is 2.53. The first-order valence-electron chi connectivity index (χ1n) is 7.81. The Bertz CT molecular complexity index is 346. The van der Waals surface area contributed by atoms with E-state index >= 15 is 0 Å². The number of ether oxygens (including phenoxy) is 1. The molecular formula is C14H26N4OS. The van der Waals surface area contributed by atoms with Crippen molar-refractivity contribution in [1.29, 1.82) is 0 Å². The van der Waals surface area contributed by atoms with Crippen LogP contribution in [0, 0.1) is 0 Å². The van der Waals surface area contributed by atoms with E-state index < -0.39 is 0 Å². The smallest absolute Gasteiger partial charge is 0.191 e. The molecule has 3 aliphatic rings. The fraction of sp³-hybridized carbons (Fsp3) is 0.929. The van der Waals surface area contributed by atoms with Crippen LogP contribution in [-0.2, 0) is 4.74 Å². The SMILES string of the molecule is NC(=NC[C@@H]1CN2CCCC[C@@H]2CO1)N1CCSCC1. The van der Waals surface area contributed by atoms with Crippen LogP contribution < -0.4 is 5.73 Å². The summed E-state index contributed by atoms with van der Waals surface area (Å²) >= 11 is 1.99. The number of aliphatic imine (C=N–C) groups is 1. The number of fused-ring (bicyclic) bond motifs is 1. The van der Waals surface area contributed by atoms with Gasteiger partial charge in [0.1, 0.15) is 0 Å². The Balaban J connectivity index is 1.48. The van der Waals surface area contributed by atoms with Gasteiger partial charge in [0.05, 0.1) is 19.3 Å². The van der Waals surface area contributed by atoms with Crippen LogP contribution in [0.15, 0.2) is 4.99 Å². The lowest BCUT2D eigenvalue weighted by molar-refractivity contribution is -0.0702. The van der Waals surface area contributed by atoms with Crippen LogP contribution in [-0.4, -0.2) is 78.7 Å². The zero-order valence-corrected chi connectivity index (χ0v) is 13.0. The molecule has 5 nitrogen and oxygen atoms in total. The van der Waals surface area contributed by atoms with Gasteiger partial charge in [-0.3, -0.25) is 9.89 Å². The maximum Gasteiger partial charge on any atom is 0.191 e. The summed E-state index contributed by atoms with van der Waals surface area (Å²) in [6.45, 7) is 5.89. The second kappa shape index (κ2) is 7.00. The number of morpholine rings is 1. The molecule has 0 unspecified atom stereocenters. The molecule has 0 amide bonds. The number of nitrogens with two attached hydrogens (primary N) is 1. The average molecular weight is 298 g/mol. The van der Waals surface area contributed by atoms with E-state index in [0.29, 0.717) is 18.5 Å². The monoisotopic (exact) mass is 298 g/mol. The predicted octanol–water partition coefficient (Wildman–Crippen LogP) is 0.603. The van der Waals surface area contributed by atoms with Crippen LogP contribution in [0.4, 0.5) is 0 Å². The lowest BCUT2D eigenvalue weighted by Crippen LogP contribution is -2.52. The van der Waals surface area contributed by atoms with E-state index in [1.165, 1.54) is 25.8 Å². The lowest BCUT2D eigenvalue weighted by Gasteiger charge is -2.42. The molecule has 0 bridgehead atoms. The molecule has 0 radical (unpaired) electrons. The van der Waals surface area contributed by atoms with Crippen LogP contribution >= 0.6 is 11.8 Å². The molecule has 3 fully saturated rings. The number of hydrogen-bond donors (Lipinski definition) is 1. The minimum Gasteiger partial charge on any atom is -0.373 e. The first kappa shape index (κ1) is 14.5. The molecule has 0 aliphatic carbocycles.